The zero-order chi connectivity index (χ0) is 73.1. The number of fused-ring (bicyclic) bond motifs is 24. The van der Waals surface area contributed by atoms with E-state index in [0.29, 0.717) is 29.6 Å². The van der Waals surface area contributed by atoms with Crippen LogP contribution in [0.3, 0.4) is 0 Å². The van der Waals surface area contributed by atoms with Gasteiger partial charge in [0.15, 0.2) is 0 Å². The minimum atomic E-state index is 0. The number of rotatable bonds is 10. The number of hydrogen-bond donors (Lipinski definition) is 0. The van der Waals surface area contributed by atoms with Crippen molar-refractivity contribution in [2.45, 2.75) is 148 Å². The smallest absolute Gasteiger partial charge is 0.0777 e. The Morgan fingerprint density at radius 2 is 0.657 bits per heavy atom. The van der Waals surface area contributed by atoms with Crippen LogP contribution in [0.15, 0.2) is 182 Å². The zero-order valence-corrected chi connectivity index (χ0v) is 71.8. The first-order chi connectivity index (χ1) is 50.6. The third-order valence-electron chi connectivity index (χ3n) is 21.3. The van der Waals surface area contributed by atoms with Crippen LogP contribution in [0.5, 0.6) is 0 Å². The van der Waals surface area contributed by atoms with E-state index in [-0.39, 0.29) is 60.3 Å². The van der Waals surface area contributed by atoms with Gasteiger partial charge in [0, 0.05) is 76.9 Å². The van der Waals surface area contributed by atoms with Crippen LogP contribution in [0.25, 0.3) is 149 Å². The predicted octanol–water partition coefficient (Wildman–Crippen LogP) is 24.9. The molecule has 9 nitrogen and oxygen atoms in total. The molecule has 18 rings (SSSR count). The average molecular weight is 1950 g/mol. The second kappa shape index (κ2) is 30.7. The Balaban J connectivity index is 0.000000142. The molecule has 0 amide bonds. The van der Waals surface area contributed by atoms with Crippen molar-refractivity contribution in [1.82, 2.24) is 43.1 Å². The third kappa shape index (κ3) is 13.7. The van der Waals surface area contributed by atoms with Crippen LogP contribution in [0.4, 0.5) is 0 Å². The zero-order valence-electron chi connectivity index (χ0n) is 64.6. The van der Waals surface area contributed by atoms with E-state index in [1.165, 1.54) is 89.0 Å². The summed E-state index contributed by atoms with van der Waals surface area (Å²) >= 11 is 0. The van der Waals surface area contributed by atoms with Gasteiger partial charge in [0.05, 0.1) is 50.0 Å². The summed E-state index contributed by atoms with van der Waals surface area (Å²) in [4.78, 5) is 30.1. The van der Waals surface area contributed by atoms with Gasteiger partial charge in [-0.05, 0) is 258 Å². The van der Waals surface area contributed by atoms with Crippen LogP contribution in [0.2, 0.25) is 0 Å². The Morgan fingerprint density at radius 3 is 1.02 bits per heavy atom. The first-order valence-electron chi connectivity index (χ1n) is 37.5. The molecule has 0 saturated carbocycles. The Kier molecular flexibility index (Phi) is 21.9. The van der Waals surface area contributed by atoms with Crippen LogP contribution < -0.4 is 0 Å². The molecule has 0 atom stereocenters. The van der Waals surface area contributed by atoms with Gasteiger partial charge < -0.3 is 28.2 Å². The molecule has 9 heterocycles. The maximum Gasteiger partial charge on any atom is 0.0777 e. The predicted molar refractivity (Wildman–Crippen MR) is 442 cm³/mol. The monoisotopic (exact) mass is 1950 g/mol. The summed E-state index contributed by atoms with van der Waals surface area (Å²) in [7, 11) is 0. The van der Waals surface area contributed by atoms with E-state index in [0.717, 1.165) is 140 Å². The molecule has 12 heteroatoms. The Hall–Kier alpha value is -9.21. The van der Waals surface area contributed by atoms with Gasteiger partial charge in [-0.15, -0.1) is 36.4 Å². The summed E-state index contributed by atoms with van der Waals surface area (Å²) < 4.78 is 6.87. The fraction of sp³-hybridized carbons (Fsp3) is 0.250. The summed E-state index contributed by atoms with van der Waals surface area (Å²) in [6.45, 7) is 37.8. The first kappa shape index (κ1) is 77.0. The molecule has 9 aromatic carbocycles. The second-order valence-corrected chi connectivity index (χ2v) is 31.2. The number of aryl methyl sites for hydroxylation is 7. The van der Waals surface area contributed by atoms with Gasteiger partial charge in [0.2, 0.25) is 0 Å². The number of benzene rings is 9. The molecule has 18 aromatic rings. The van der Waals surface area contributed by atoms with Crippen molar-refractivity contribution >= 4 is 115 Å². The van der Waals surface area contributed by atoms with E-state index in [9.17, 15) is 0 Å². The third-order valence-corrected chi connectivity index (χ3v) is 21.3. The van der Waals surface area contributed by atoms with Gasteiger partial charge in [-0.3, -0.25) is 15.0 Å². The molecule has 0 spiro atoms. The van der Waals surface area contributed by atoms with Crippen LogP contribution in [0.1, 0.15) is 154 Å². The fourth-order valence-corrected chi connectivity index (χ4v) is 16.4. The normalized spacial score (nSPS) is 11.8. The molecular weight excluding hydrogens is 1860 g/mol. The largest absolute Gasteiger partial charge is 0.348 e. The van der Waals surface area contributed by atoms with Gasteiger partial charge in [-0.1, -0.05) is 215 Å². The second-order valence-electron chi connectivity index (χ2n) is 31.2. The number of hydrogen-bond acceptors (Lipinski definition) is 6. The first-order valence-corrected chi connectivity index (χ1v) is 37.5. The molecule has 0 unspecified atom stereocenters. The Morgan fingerprint density at radius 1 is 0.315 bits per heavy atom. The van der Waals surface area contributed by atoms with Crippen molar-refractivity contribution in [3.8, 4) is 33.4 Å². The maximum atomic E-state index is 5.21. The summed E-state index contributed by atoms with van der Waals surface area (Å²) in [6.07, 6.45) is 2.14. The van der Waals surface area contributed by atoms with E-state index in [1.54, 1.807) is 0 Å². The van der Waals surface area contributed by atoms with Crippen molar-refractivity contribution in [2.24, 2.45) is 11.8 Å². The molecule has 0 bridgehead atoms. The summed E-state index contributed by atoms with van der Waals surface area (Å²) in [5, 5.41) is 6.32. The minimum Gasteiger partial charge on any atom is -0.348 e. The SMILES string of the molecule is Cc1c[c-]c2c(n1)c1cc(-c3c(C(C)C)cc(C(C)C)cc3C(C)C)ccc1n1c3ccccc3nc21.Cc1c[c-]c2c(n1)c1cc(-c3c(C)cccc3C)ccc1n1c3cc(CC(C)C)c(CC(C)C)cc3nc21.Cc1c[c-]c2c(n1)c1cc(-c3c(C)cccc3C)ccc1n1c3ccccc3nc21.[Ir].[Ir].[Ir]. The van der Waals surface area contributed by atoms with Crippen LogP contribution in [-0.4, -0.2) is 43.1 Å². The van der Waals surface area contributed by atoms with Gasteiger partial charge >= 0.3 is 0 Å². The van der Waals surface area contributed by atoms with Crippen molar-refractivity contribution < 1.29 is 60.3 Å². The molecule has 3 radical (unpaired) electrons. The number of pyridine rings is 6. The number of nitrogens with zero attached hydrogens (tertiary/aromatic N) is 9. The molecule has 0 saturated heterocycles. The fourth-order valence-electron chi connectivity index (χ4n) is 16.4. The maximum absolute atomic E-state index is 5.21. The molecule has 0 fully saturated rings. The van der Waals surface area contributed by atoms with E-state index < -0.39 is 0 Å². The molecule has 0 aliphatic heterocycles. The van der Waals surface area contributed by atoms with Crippen LogP contribution in [-0.2, 0) is 73.2 Å². The molecule has 108 heavy (non-hydrogen) atoms. The summed E-state index contributed by atoms with van der Waals surface area (Å²) in [6, 6.07) is 76.1. The number of aromatic nitrogens is 9. The van der Waals surface area contributed by atoms with Gasteiger partial charge in [0.1, 0.15) is 0 Å². The van der Waals surface area contributed by atoms with Crippen molar-refractivity contribution in [3.63, 3.8) is 0 Å². The van der Waals surface area contributed by atoms with E-state index in [2.05, 4.69) is 280 Å². The topological polar surface area (TPSA) is 90.6 Å². The Bertz CT molecular complexity index is 6500. The van der Waals surface area contributed by atoms with Crippen molar-refractivity contribution in [2.75, 3.05) is 0 Å². The van der Waals surface area contributed by atoms with E-state index in [1.807, 2.05) is 51.1 Å². The standard InChI is InChI=1S/C35H36N3.C34H34N3.C27H20N3.3Ir/c1-20(2)15-26-18-30-32(19-27(26)16-21(3)4)38-31-14-12-25(33-22(5)9-8-10-23(33)6)17-29(31)34-28(35(38)37-30)13-11-24(7)36-34;1-19(2)24-17-26(20(3)4)32(27(18-24)21(5)6)23-13-15-30-28(16-23)33-25(14-12-22(7)35-33)34-36-29-10-8-9-11-31(29)37(30)34;1-16-7-6-8-17(2)25(16)19-12-14-23-21(15-19)26-20(13-11-18(3)28-26)27-29-22-9-4-5-10-24(22)30(23)27;;;/h8-12,14,17-21H,15-16H2,1-7H3;8-13,15-21H,1-7H3;4-12,14-15H,1-3H3;;;/q3*-1;;;. The van der Waals surface area contributed by atoms with E-state index in [4.69, 9.17) is 29.9 Å². The summed E-state index contributed by atoms with van der Waals surface area (Å²) in [5.41, 5.74) is 38.3. The van der Waals surface area contributed by atoms with Gasteiger partial charge in [-0.25, -0.2) is 0 Å². The van der Waals surface area contributed by atoms with E-state index >= 15 is 0 Å². The van der Waals surface area contributed by atoms with Gasteiger partial charge in [-0.2, -0.15) is 0 Å². The summed E-state index contributed by atoms with van der Waals surface area (Å²) in [5.74, 6) is 2.53. The average Bonchev–Trinajstić information content (AvgIpc) is 1.52. The van der Waals surface area contributed by atoms with Crippen molar-refractivity contribution in [1.29, 1.82) is 0 Å². The molecule has 549 valence electrons. The molecule has 0 aliphatic carbocycles. The molecule has 0 N–H and O–H groups in total. The number of para-hydroxylation sites is 4. The van der Waals surface area contributed by atoms with Gasteiger partial charge in [0.25, 0.3) is 0 Å². The molecular formula is C96H90Ir3N9-3. The quantitative estimate of drug-likeness (QED) is 0.100. The minimum absolute atomic E-state index is 0. The Labute approximate surface area is 674 Å². The molecule has 9 aromatic heterocycles. The van der Waals surface area contributed by atoms with Crippen LogP contribution in [0, 0.1) is 78.5 Å². The van der Waals surface area contributed by atoms with Crippen molar-refractivity contribution in [3.05, 3.63) is 267 Å². The van der Waals surface area contributed by atoms with Crippen LogP contribution >= 0.6 is 0 Å². The number of imidazole rings is 3. The molecule has 0 aliphatic rings.